The standard InChI is InChI=1S/C27H25N3O6/c1-3-34-22-15-14-18(16-23(22)35-4-2)28-24(31)17-36-27(33)25-20-12-8-9-13-21(20)26(32)30(29-25)19-10-6-5-7-11-19/h5-16H,3-4,17H2,1-2H3,(H,28,31). The van der Waals surface area contributed by atoms with Crippen LogP contribution in [0.3, 0.4) is 0 Å². The molecule has 1 amide bonds. The minimum Gasteiger partial charge on any atom is -0.490 e. The molecule has 0 aliphatic rings. The molecule has 0 saturated carbocycles. The topological polar surface area (TPSA) is 109 Å². The Morgan fingerprint density at radius 3 is 2.25 bits per heavy atom. The van der Waals surface area contributed by atoms with E-state index in [1.54, 1.807) is 66.7 Å². The normalized spacial score (nSPS) is 10.6. The molecule has 0 aliphatic heterocycles. The average molecular weight is 488 g/mol. The van der Waals surface area contributed by atoms with Gasteiger partial charge in [-0.1, -0.05) is 36.4 Å². The van der Waals surface area contributed by atoms with Crippen LogP contribution in [0.5, 0.6) is 11.5 Å². The fourth-order valence-electron chi connectivity index (χ4n) is 3.61. The number of anilines is 1. The summed E-state index contributed by atoms with van der Waals surface area (Å²) in [6, 6.07) is 20.4. The van der Waals surface area contributed by atoms with Gasteiger partial charge >= 0.3 is 5.97 Å². The maximum Gasteiger partial charge on any atom is 0.359 e. The Hall–Kier alpha value is -4.66. The predicted molar refractivity (Wildman–Crippen MR) is 135 cm³/mol. The number of amides is 1. The van der Waals surface area contributed by atoms with Crippen LogP contribution in [0.25, 0.3) is 16.5 Å². The van der Waals surface area contributed by atoms with Gasteiger partial charge in [-0.05, 0) is 44.2 Å². The smallest absolute Gasteiger partial charge is 0.359 e. The number of para-hydroxylation sites is 1. The molecule has 0 saturated heterocycles. The van der Waals surface area contributed by atoms with Crippen LogP contribution in [0.4, 0.5) is 5.69 Å². The van der Waals surface area contributed by atoms with Crippen LogP contribution in [-0.2, 0) is 9.53 Å². The van der Waals surface area contributed by atoms with Gasteiger partial charge in [0.05, 0.1) is 24.3 Å². The van der Waals surface area contributed by atoms with Crippen molar-refractivity contribution in [3.63, 3.8) is 0 Å². The van der Waals surface area contributed by atoms with Crippen molar-refractivity contribution < 1.29 is 23.8 Å². The molecule has 36 heavy (non-hydrogen) atoms. The van der Waals surface area contributed by atoms with E-state index in [0.29, 0.717) is 46.9 Å². The maximum absolute atomic E-state index is 13.0. The molecule has 0 unspecified atom stereocenters. The van der Waals surface area contributed by atoms with E-state index in [9.17, 15) is 14.4 Å². The Morgan fingerprint density at radius 1 is 0.861 bits per heavy atom. The van der Waals surface area contributed by atoms with E-state index < -0.39 is 18.5 Å². The van der Waals surface area contributed by atoms with Crippen molar-refractivity contribution in [3.8, 4) is 17.2 Å². The molecule has 4 rings (SSSR count). The summed E-state index contributed by atoms with van der Waals surface area (Å²) in [5.74, 6) is -0.313. The summed E-state index contributed by atoms with van der Waals surface area (Å²) in [7, 11) is 0. The summed E-state index contributed by atoms with van der Waals surface area (Å²) in [4.78, 5) is 38.4. The number of benzene rings is 3. The summed E-state index contributed by atoms with van der Waals surface area (Å²) < 4.78 is 17.5. The molecule has 0 bridgehead atoms. The van der Waals surface area contributed by atoms with Crippen molar-refractivity contribution >= 4 is 28.3 Å². The molecule has 9 heteroatoms. The van der Waals surface area contributed by atoms with Crippen molar-refractivity contribution in [2.24, 2.45) is 0 Å². The van der Waals surface area contributed by atoms with Crippen molar-refractivity contribution in [3.05, 3.63) is 88.8 Å². The van der Waals surface area contributed by atoms with E-state index in [4.69, 9.17) is 14.2 Å². The highest BCUT2D eigenvalue weighted by Gasteiger charge is 2.20. The first kappa shape index (κ1) is 24.5. The number of esters is 1. The van der Waals surface area contributed by atoms with Gasteiger partial charge < -0.3 is 19.5 Å². The Morgan fingerprint density at radius 2 is 1.53 bits per heavy atom. The third-order valence-electron chi connectivity index (χ3n) is 5.16. The van der Waals surface area contributed by atoms with Gasteiger partial charge in [0.1, 0.15) is 0 Å². The summed E-state index contributed by atoms with van der Waals surface area (Å²) in [6.45, 7) is 4.07. The average Bonchev–Trinajstić information content (AvgIpc) is 2.90. The van der Waals surface area contributed by atoms with Crippen LogP contribution in [0, 0.1) is 0 Å². The molecular formula is C27H25N3O6. The summed E-state index contributed by atoms with van der Waals surface area (Å²) in [5.41, 5.74) is 0.526. The molecular weight excluding hydrogens is 462 g/mol. The minimum absolute atomic E-state index is 0.0680. The predicted octanol–water partition coefficient (Wildman–Crippen LogP) is 3.98. The third kappa shape index (κ3) is 5.35. The minimum atomic E-state index is -0.826. The highest BCUT2D eigenvalue weighted by Crippen LogP contribution is 2.30. The fourth-order valence-corrected chi connectivity index (χ4v) is 3.61. The lowest BCUT2D eigenvalue weighted by molar-refractivity contribution is -0.119. The number of rotatable bonds is 9. The molecule has 0 spiro atoms. The number of hydrogen-bond acceptors (Lipinski definition) is 7. The van der Waals surface area contributed by atoms with Gasteiger partial charge in [-0.3, -0.25) is 9.59 Å². The molecule has 0 radical (unpaired) electrons. The van der Waals surface area contributed by atoms with E-state index in [1.165, 1.54) is 0 Å². The molecule has 0 fully saturated rings. The Bertz CT molecular complexity index is 1450. The highest BCUT2D eigenvalue weighted by molar-refractivity contribution is 6.03. The largest absolute Gasteiger partial charge is 0.490 e. The van der Waals surface area contributed by atoms with Crippen LogP contribution >= 0.6 is 0 Å². The van der Waals surface area contributed by atoms with E-state index in [2.05, 4.69) is 10.4 Å². The molecule has 1 aromatic heterocycles. The maximum atomic E-state index is 13.0. The second kappa shape index (κ2) is 11.2. The van der Waals surface area contributed by atoms with Crippen LogP contribution in [-0.4, -0.2) is 41.5 Å². The molecule has 9 nitrogen and oxygen atoms in total. The Balaban J connectivity index is 1.53. The quantitative estimate of drug-likeness (QED) is 0.356. The lowest BCUT2D eigenvalue weighted by Crippen LogP contribution is -2.26. The molecule has 0 aliphatic carbocycles. The number of ether oxygens (including phenoxy) is 3. The highest BCUT2D eigenvalue weighted by atomic mass is 16.5. The third-order valence-corrected chi connectivity index (χ3v) is 5.16. The number of fused-ring (bicyclic) bond motifs is 1. The number of nitrogens with zero attached hydrogens (tertiary/aromatic N) is 2. The lowest BCUT2D eigenvalue weighted by Gasteiger charge is -2.13. The molecule has 4 aromatic rings. The number of nitrogens with one attached hydrogen (secondary N) is 1. The van der Waals surface area contributed by atoms with Gasteiger partial charge in [-0.25, -0.2) is 4.79 Å². The first-order valence-corrected chi connectivity index (χ1v) is 11.5. The van der Waals surface area contributed by atoms with Gasteiger partial charge in [-0.15, -0.1) is 0 Å². The zero-order valence-corrected chi connectivity index (χ0v) is 19.9. The van der Waals surface area contributed by atoms with Crippen LogP contribution < -0.4 is 20.3 Å². The van der Waals surface area contributed by atoms with Crippen molar-refractivity contribution in [1.29, 1.82) is 0 Å². The van der Waals surface area contributed by atoms with Crippen molar-refractivity contribution in [2.45, 2.75) is 13.8 Å². The molecule has 1 N–H and O–H groups in total. The number of hydrogen-bond donors (Lipinski definition) is 1. The van der Waals surface area contributed by atoms with Gasteiger partial charge in [-0.2, -0.15) is 9.78 Å². The van der Waals surface area contributed by atoms with Crippen LogP contribution in [0.1, 0.15) is 24.3 Å². The summed E-state index contributed by atoms with van der Waals surface area (Å²) in [6.07, 6.45) is 0. The van der Waals surface area contributed by atoms with Crippen molar-refractivity contribution in [2.75, 3.05) is 25.1 Å². The monoisotopic (exact) mass is 487 g/mol. The van der Waals surface area contributed by atoms with E-state index >= 15 is 0 Å². The SMILES string of the molecule is CCOc1ccc(NC(=O)COC(=O)c2nn(-c3ccccc3)c(=O)c3ccccc23)cc1OCC. The summed E-state index contributed by atoms with van der Waals surface area (Å²) in [5, 5.41) is 7.58. The van der Waals surface area contributed by atoms with Gasteiger partial charge in [0.2, 0.25) is 0 Å². The second-order valence-electron chi connectivity index (χ2n) is 7.60. The zero-order chi connectivity index (χ0) is 25.5. The van der Waals surface area contributed by atoms with Gasteiger partial charge in [0, 0.05) is 17.1 Å². The molecule has 0 atom stereocenters. The number of carbonyl (C=O) groups is 2. The number of aromatic nitrogens is 2. The Kier molecular flexibility index (Phi) is 7.60. The number of carbonyl (C=O) groups excluding carboxylic acids is 2. The zero-order valence-electron chi connectivity index (χ0n) is 19.9. The van der Waals surface area contributed by atoms with Crippen LogP contribution in [0.15, 0.2) is 77.6 Å². The Labute approximate surface area is 207 Å². The first-order chi connectivity index (χ1) is 17.5. The van der Waals surface area contributed by atoms with Crippen LogP contribution in [0.2, 0.25) is 0 Å². The summed E-state index contributed by atoms with van der Waals surface area (Å²) >= 11 is 0. The fraction of sp³-hybridized carbons (Fsp3) is 0.185. The lowest BCUT2D eigenvalue weighted by atomic mass is 10.1. The first-order valence-electron chi connectivity index (χ1n) is 11.5. The van der Waals surface area contributed by atoms with Crippen molar-refractivity contribution in [1.82, 2.24) is 9.78 Å². The van der Waals surface area contributed by atoms with Gasteiger partial charge in [0.25, 0.3) is 11.5 Å². The molecule has 1 heterocycles. The second-order valence-corrected chi connectivity index (χ2v) is 7.60. The van der Waals surface area contributed by atoms with Gasteiger partial charge in [0.15, 0.2) is 23.8 Å². The van der Waals surface area contributed by atoms with E-state index in [0.717, 1.165) is 4.68 Å². The molecule has 3 aromatic carbocycles. The van der Waals surface area contributed by atoms with E-state index in [-0.39, 0.29) is 11.3 Å². The van der Waals surface area contributed by atoms with E-state index in [1.807, 2.05) is 19.9 Å². The molecule has 184 valence electrons.